The van der Waals surface area contributed by atoms with E-state index >= 15 is 0 Å². The van der Waals surface area contributed by atoms with E-state index < -0.39 is 0 Å². The fraction of sp³-hybridized carbons (Fsp3) is 0.281. The SMILES string of the molecule is COc1ccc(-c2cccc3c2c2noc(C)c2c(=O)n3C2CCCC(CNC(=O)c3ccccc3)C2)cc1. The predicted octanol–water partition coefficient (Wildman–Crippen LogP) is 6.29. The number of hydrogen-bond acceptors (Lipinski definition) is 5. The molecule has 7 heteroatoms. The Morgan fingerprint density at radius 2 is 1.82 bits per heavy atom. The molecule has 0 radical (unpaired) electrons. The first-order valence-electron chi connectivity index (χ1n) is 13.5. The molecule has 3 aromatic carbocycles. The molecule has 198 valence electrons. The molecule has 7 nitrogen and oxygen atoms in total. The van der Waals surface area contributed by atoms with Gasteiger partial charge in [-0.25, -0.2) is 0 Å². The van der Waals surface area contributed by atoms with Crippen molar-refractivity contribution < 1.29 is 14.1 Å². The Morgan fingerprint density at radius 3 is 2.59 bits per heavy atom. The van der Waals surface area contributed by atoms with Gasteiger partial charge in [-0.05, 0) is 73.6 Å². The van der Waals surface area contributed by atoms with Crippen LogP contribution in [0.4, 0.5) is 0 Å². The van der Waals surface area contributed by atoms with E-state index in [9.17, 15) is 9.59 Å². The molecular formula is C32H31N3O4. The highest BCUT2D eigenvalue weighted by Crippen LogP contribution is 2.38. The first-order chi connectivity index (χ1) is 19.0. The maximum atomic E-state index is 14.0. The van der Waals surface area contributed by atoms with Crippen molar-refractivity contribution in [2.45, 2.75) is 38.6 Å². The van der Waals surface area contributed by atoms with Gasteiger partial charge in [-0.15, -0.1) is 0 Å². The summed E-state index contributed by atoms with van der Waals surface area (Å²) in [5, 5.41) is 8.89. The minimum atomic E-state index is -0.0675. The maximum absolute atomic E-state index is 14.0. The monoisotopic (exact) mass is 521 g/mol. The molecule has 6 rings (SSSR count). The van der Waals surface area contributed by atoms with Crippen LogP contribution >= 0.6 is 0 Å². The molecule has 2 atom stereocenters. The van der Waals surface area contributed by atoms with Crippen LogP contribution in [0.2, 0.25) is 0 Å². The Hall–Kier alpha value is -4.39. The molecule has 2 heterocycles. The first-order valence-corrected chi connectivity index (χ1v) is 13.5. The number of carbonyl (C=O) groups excluding carboxylic acids is 1. The zero-order valence-electron chi connectivity index (χ0n) is 22.1. The maximum Gasteiger partial charge on any atom is 0.264 e. The largest absolute Gasteiger partial charge is 0.497 e. The zero-order valence-corrected chi connectivity index (χ0v) is 22.1. The fourth-order valence-corrected chi connectivity index (χ4v) is 6.00. The summed E-state index contributed by atoms with van der Waals surface area (Å²) in [5.74, 6) is 1.52. The third kappa shape index (κ3) is 4.58. The molecule has 39 heavy (non-hydrogen) atoms. The molecule has 1 saturated carbocycles. The van der Waals surface area contributed by atoms with Crippen LogP contribution in [0.1, 0.15) is 47.8 Å². The van der Waals surface area contributed by atoms with Gasteiger partial charge in [-0.2, -0.15) is 0 Å². The van der Waals surface area contributed by atoms with Gasteiger partial charge < -0.3 is 19.1 Å². The van der Waals surface area contributed by atoms with E-state index in [0.717, 1.165) is 53.5 Å². The van der Waals surface area contributed by atoms with E-state index in [2.05, 4.69) is 16.5 Å². The molecule has 0 saturated heterocycles. The minimum absolute atomic E-state index is 0.0113. The van der Waals surface area contributed by atoms with E-state index in [-0.39, 0.29) is 23.4 Å². The highest BCUT2D eigenvalue weighted by molar-refractivity contribution is 6.11. The van der Waals surface area contributed by atoms with Crippen LogP contribution in [-0.2, 0) is 0 Å². The van der Waals surface area contributed by atoms with Crippen LogP contribution in [0.5, 0.6) is 5.75 Å². The van der Waals surface area contributed by atoms with Crippen molar-refractivity contribution >= 4 is 27.7 Å². The molecule has 5 aromatic rings. The second-order valence-electron chi connectivity index (χ2n) is 10.3. The highest BCUT2D eigenvalue weighted by Gasteiger charge is 2.28. The number of aromatic nitrogens is 2. The molecule has 0 bridgehead atoms. The molecular weight excluding hydrogens is 490 g/mol. The summed E-state index contributed by atoms with van der Waals surface area (Å²) in [6.07, 6.45) is 3.72. The molecule has 1 aliphatic rings. The molecule has 1 fully saturated rings. The quantitative estimate of drug-likeness (QED) is 0.284. The summed E-state index contributed by atoms with van der Waals surface area (Å²) in [6.45, 7) is 2.38. The number of pyridine rings is 1. The second kappa shape index (κ2) is 10.4. The normalized spacial score (nSPS) is 17.4. The number of rotatable bonds is 6. The van der Waals surface area contributed by atoms with E-state index in [0.29, 0.717) is 28.8 Å². The molecule has 1 amide bonds. The van der Waals surface area contributed by atoms with Crippen molar-refractivity contribution in [3.8, 4) is 16.9 Å². The van der Waals surface area contributed by atoms with Gasteiger partial charge in [-0.1, -0.05) is 54.0 Å². The third-order valence-corrected chi connectivity index (χ3v) is 7.94. The van der Waals surface area contributed by atoms with Gasteiger partial charge in [0.15, 0.2) is 0 Å². The summed E-state index contributed by atoms with van der Waals surface area (Å²) in [5.41, 5.74) is 4.04. The lowest BCUT2D eigenvalue weighted by Gasteiger charge is -2.31. The number of methoxy groups -OCH3 is 1. The van der Waals surface area contributed by atoms with E-state index in [4.69, 9.17) is 9.26 Å². The average molecular weight is 522 g/mol. The van der Waals surface area contributed by atoms with Gasteiger partial charge in [0.1, 0.15) is 22.4 Å². The van der Waals surface area contributed by atoms with Crippen LogP contribution in [0.25, 0.3) is 32.9 Å². The summed E-state index contributed by atoms with van der Waals surface area (Å²) < 4.78 is 12.9. The first kappa shape index (κ1) is 24.9. The lowest BCUT2D eigenvalue weighted by molar-refractivity contribution is 0.0940. The number of hydrogen-bond donors (Lipinski definition) is 1. The Kier molecular flexibility index (Phi) is 6.65. The standard InChI is InChI=1S/C32H31N3O4/c1-20-28-30(34-39-20)29-26(22-14-16-25(38-2)17-15-22)12-7-13-27(29)35(32(28)37)24-11-6-8-21(18-24)19-33-31(36)23-9-4-3-5-10-23/h3-5,7,9-10,12-17,21,24H,6,8,11,18-19H2,1-2H3,(H,33,36). The number of benzene rings is 3. The number of amides is 1. The van der Waals surface area contributed by atoms with Gasteiger partial charge in [0, 0.05) is 23.5 Å². The summed E-state index contributed by atoms with van der Waals surface area (Å²) >= 11 is 0. The minimum Gasteiger partial charge on any atom is -0.497 e. The molecule has 1 N–H and O–H groups in total. The smallest absolute Gasteiger partial charge is 0.264 e. The fourth-order valence-electron chi connectivity index (χ4n) is 6.00. The second-order valence-corrected chi connectivity index (χ2v) is 10.3. The summed E-state index contributed by atoms with van der Waals surface area (Å²) in [7, 11) is 1.65. The Balaban J connectivity index is 1.39. The van der Waals surface area contributed by atoms with Gasteiger partial charge >= 0.3 is 0 Å². The van der Waals surface area contributed by atoms with Gasteiger partial charge in [0.25, 0.3) is 11.5 Å². The van der Waals surface area contributed by atoms with Gasteiger partial charge in [0.2, 0.25) is 0 Å². The van der Waals surface area contributed by atoms with E-state index in [1.165, 1.54) is 0 Å². The van der Waals surface area contributed by atoms with Crippen molar-refractivity contribution in [2.75, 3.05) is 13.7 Å². The Bertz CT molecular complexity index is 1700. The number of carbonyl (C=O) groups is 1. The van der Waals surface area contributed by atoms with Gasteiger partial charge in [0.05, 0.1) is 12.6 Å². The number of nitrogens with one attached hydrogen (secondary N) is 1. The Labute approximate surface area is 226 Å². The molecule has 1 aliphatic carbocycles. The zero-order chi connectivity index (χ0) is 26.9. The molecule has 0 spiro atoms. The molecule has 2 aromatic heterocycles. The van der Waals surface area contributed by atoms with Gasteiger partial charge in [-0.3, -0.25) is 9.59 Å². The van der Waals surface area contributed by atoms with Crippen molar-refractivity contribution in [2.24, 2.45) is 5.92 Å². The lowest BCUT2D eigenvalue weighted by Crippen LogP contribution is -2.34. The van der Waals surface area contributed by atoms with Crippen molar-refractivity contribution in [1.29, 1.82) is 0 Å². The number of aryl methyl sites for hydroxylation is 1. The topological polar surface area (TPSA) is 86.4 Å². The third-order valence-electron chi connectivity index (χ3n) is 7.94. The van der Waals surface area contributed by atoms with Crippen molar-refractivity contribution in [3.05, 3.63) is 94.5 Å². The van der Waals surface area contributed by atoms with E-state index in [1.807, 2.05) is 71.3 Å². The van der Waals surface area contributed by atoms with E-state index in [1.54, 1.807) is 14.0 Å². The number of ether oxygens (including phenoxy) is 1. The van der Waals surface area contributed by atoms with Crippen LogP contribution in [0, 0.1) is 12.8 Å². The average Bonchev–Trinajstić information content (AvgIpc) is 3.38. The molecule has 2 unspecified atom stereocenters. The van der Waals surface area contributed by atoms with Crippen LogP contribution in [0.15, 0.2) is 82.1 Å². The van der Waals surface area contributed by atoms with Crippen LogP contribution in [0.3, 0.4) is 0 Å². The number of nitrogens with zero attached hydrogens (tertiary/aromatic N) is 2. The summed E-state index contributed by atoms with van der Waals surface area (Å²) in [6, 6.07) is 23.3. The molecule has 0 aliphatic heterocycles. The number of fused-ring (bicyclic) bond motifs is 3. The van der Waals surface area contributed by atoms with Crippen molar-refractivity contribution in [3.63, 3.8) is 0 Å². The van der Waals surface area contributed by atoms with Crippen molar-refractivity contribution in [1.82, 2.24) is 15.0 Å². The Morgan fingerprint density at radius 1 is 1.03 bits per heavy atom. The van der Waals surface area contributed by atoms with Crippen LogP contribution < -0.4 is 15.6 Å². The van der Waals surface area contributed by atoms with Crippen LogP contribution in [-0.4, -0.2) is 29.3 Å². The lowest BCUT2D eigenvalue weighted by atomic mass is 9.85. The predicted molar refractivity (Wildman–Crippen MR) is 152 cm³/mol. The summed E-state index contributed by atoms with van der Waals surface area (Å²) in [4.78, 5) is 26.6. The highest BCUT2D eigenvalue weighted by atomic mass is 16.5.